The number of nitrogens with zero attached hydrogens (tertiary/aromatic N) is 2. The lowest BCUT2D eigenvalue weighted by molar-refractivity contribution is 0.629. The summed E-state index contributed by atoms with van der Waals surface area (Å²) in [5.41, 5.74) is 8.88. The van der Waals surface area contributed by atoms with Crippen LogP contribution in [-0.2, 0) is 0 Å². The van der Waals surface area contributed by atoms with E-state index < -0.39 is 0 Å². The summed E-state index contributed by atoms with van der Waals surface area (Å²) in [5.74, 6) is -0.297. The number of halogens is 1. The molecule has 0 saturated heterocycles. The van der Waals surface area contributed by atoms with Gasteiger partial charge in [-0.3, -0.25) is 9.98 Å². The van der Waals surface area contributed by atoms with Gasteiger partial charge < -0.3 is 5.73 Å². The zero-order valence-corrected chi connectivity index (χ0v) is 12.2. The Balaban J connectivity index is 2.74. The molecule has 0 aliphatic heterocycles. The molecular weight excluding hydrogens is 265 g/mol. The molecule has 0 aliphatic rings. The smallest absolute Gasteiger partial charge is 0.123 e. The van der Waals surface area contributed by atoms with Crippen LogP contribution >= 0.6 is 0 Å². The van der Waals surface area contributed by atoms with Crippen LogP contribution in [-0.4, -0.2) is 10.7 Å². The van der Waals surface area contributed by atoms with E-state index in [1.54, 1.807) is 18.3 Å². The highest BCUT2D eigenvalue weighted by Crippen LogP contribution is 2.22. The average Bonchev–Trinajstić information content (AvgIpc) is 2.46. The van der Waals surface area contributed by atoms with Crippen LogP contribution in [0.3, 0.4) is 0 Å². The average molecular weight is 283 g/mol. The molecule has 0 fully saturated rings. The summed E-state index contributed by atoms with van der Waals surface area (Å²) in [7, 11) is 0. The monoisotopic (exact) mass is 283 g/mol. The second kappa shape index (κ2) is 6.41. The molecule has 0 aliphatic carbocycles. The first-order valence-electron chi connectivity index (χ1n) is 6.74. The van der Waals surface area contributed by atoms with Crippen molar-refractivity contribution in [3.63, 3.8) is 0 Å². The number of hydrogen-bond acceptors (Lipinski definition) is 3. The molecule has 1 heterocycles. The fourth-order valence-electron chi connectivity index (χ4n) is 2.10. The Hall–Kier alpha value is -2.33. The van der Waals surface area contributed by atoms with Crippen LogP contribution in [0.15, 0.2) is 54.2 Å². The predicted molar refractivity (Wildman–Crippen MR) is 85.9 cm³/mol. The number of nitrogens with two attached hydrogens (primary N) is 1. The van der Waals surface area contributed by atoms with Crippen molar-refractivity contribution < 1.29 is 4.39 Å². The van der Waals surface area contributed by atoms with E-state index in [-0.39, 0.29) is 11.9 Å². The first-order valence-corrected chi connectivity index (χ1v) is 6.74. The Labute approximate surface area is 123 Å². The minimum atomic E-state index is -0.297. The van der Waals surface area contributed by atoms with Gasteiger partial charge in [-0.1, -0.05) is 12.7 Å². The quantitative estimate of drug-likeness (QED) is 0.865. The van der Waals surface area contributed by atoms with Crippen molar-refractivity contribution >= 4 is 16.6 Å². The first-order chi connectivity index (χ1) is 10.1. The molecule has 4 heteroatoms. The second-order valence-corrected chi connectivity index (χ2v) is 4.75. The van der Waals surface area contributed by atoms with Crippen molar-refractivity contribution in [2.75, 3.05) is 0 Å². The van der Waals surface area contributed by atoms with Crippen LogP contribution in [0.2, 0.25) is 0 Å². The number of fused-ring (bicyclic) bond motifs is 1. The largest absolute Gasteiger partial charge is 0.323 e. The molecule has 0 bridgehead atoms. The summed E-state index contributed by atoms with van der Waals surface area (Å²) in [4.78, 5) is 8.88. The van der Waals surface area contributed by atoms with Gasteiger partial charge >= 0.3 is 0 Å². The summed E-state index contributed by atoms with van der Waals surface area (Å²) in [6.07, 6.45) is 5.15. The molecule has 0 radical (unpaired) electrons. The minimum absolute atomic E-state index is 0.259. The molecule has 1 unspecified atom stereocenters. The van der Waals surface area contributed by atoms with E-state index in [1.807, 2.05) is 26.0 Å². The van der Waals surface area contributed by atoms with E-state index in [2.05, 4.69) is 16.6 Å². The molecule has 3 nitrogen and oxygen atoms in total. The molecule has 2 N–H and O–H groups in total. The Kier molecular flexibility index (Phi) is 4.60. The van der Waals surface area contributed by atoms with E-state index >= 15 is 0 Å². The highest BCUT2D eigenvalue weighted by molar-refractivity contribution is 6.11. The highest BCUT2D eigenvalue weighted by Gasteiger charge is 2.14. The number of rotatable bonds is 4. The molecular formula is C17H18FN3. The van der Waals surface area contributed by atoms with Gasteiger partial charge in [0.25, 0.3) is 0 Å². The van der Waals surface area contributed by atoms with Gasteiger partial charge in [-0.25, -0.2) is 4.39 Å². The third-order valence-corrected chi connectivity index (χ3v) is 3.07. The van der Waals surface area contributed by atoms with Crippen molar-refractivity contribution in [2.45, 2.75) is 19.9 Å². The van der Waals surface area contributed by atoms with Crippen molar-refractivity contribution in [3.8, 4) is 0 Å². The molecule has 2 aromatic rings. The van der Waals surface area contributed by atoms with E-state index in [0.29, 0.717) is 16.6 Å². The second-order valence-electron chi connectivity index (χ2n) is 4.75. The topological polar surface area (TPSA) is 51.3 Å². The van der Waals surface area contributed by atoms with Gasteiger partial charge in [0, 0.05) is 23.2 Å². The van der Waals surface area contributed by atoms with Gasteiger partial charge in [-0.2, -0.15) is 0 Å². The van der Waals surface area contributed by atoms with E-state index in [0.717, 1.165) is 11.3 Å². The van der Waals surface area contributed by atoms with Gasteiger partial charge in [0.05, 0.1) is 16.9 Å². The van der Waals surface area contributed by atoms with Gasteiger partial charge in [0.1, 0.15) is 5.82 Å². The van der Waals surface area contributed by atoms with E-state index in [9.17, 15) is 4.39 Å². The zero-order chi connectivity index (χ0) is 15.4. The van der Waals surface area contributed by atoms with Crippen molar-refractivity contribution in [1.29, 1.82) is 0 Å². The maximum atomic E-state index is 13.4. The molecule has 2 rings (SSSR count). The summed E-state index contributed by atoms with van der Waals surface area (Å²) in [6, 6.07) is 6.09. The first kappa shape index (κ1) is 15.1. The third-order valence-electron chi connectivity index (χ3n) is 3.07. The van der Waals surface area contributed by atoms with Crippen LogP contribution in [0, 0.1) is 5.82 Å². The Morgan fingerprint density at radius 3 is 2.81 bits per heavy atom. The molecule has 1 aromatic heterocycles. The maximum Gasteiger partial charge on any atom is 0.123 e. The van der Waals surface area contributed by atoms with E-state index in [4.69, 9.17) is 5.73 Å². The Morgan fingerprint density at radius 1 is 1.43 bits per heavy atom. The Bertz CT molecular complexity index is 730. The van der Waals surface area contributed by atoms with Crippen LogP contribution in [0.25, 0.3) is 10.9 Å². The molecule has 1 aromatic carbocycles. The number of pyridine rings is 1. The van der Waals surface area contributed by atoms with Crippen LogP contribution in [0.4, 0.5) is 4.39 Å². The van der Waals surface area contributed by atoms with Crippen molar-refractivity contribution in [1.82, 2.24) is 4.98 Å². The third kappa shape index (κ3) is 3.23. The van der Waals surface area contributed by atoms with Crippen LogP contribution in [0.1, 0.15) is 31.1 Å². The predicted octanol–water partition coefficient (Wildman–Crippen LogP) is 3.90. The normalized spacial score (nSPS) is 13.8. The zero-order valence-electron chi connectivity index (χ0n) is 12.2. The van der Waals surface area contributed by atoms with Gasteiger partial charge in [-0.05, 0) is 44.2 Å². The summed E-state index contributed by atoms with van der Waals surface area (Å²) < 4.78 is 13.4. The lowest BCUT2D eigenvalue weighted by Gasteiger charge is -2.13. The summed E-state index contributed by atoms with van der Waals surface area (Å²) in [5, 5.41) is 0.712. The fraction of sp³-hybridized carbons (Fsp3) is 0.176. The minimum Gasteiger partial charge on any atom is -0.323 e. The standard InChI is InChI=1S/C17H18FN3/c1-4-8-20-15(5-2)14-10-12-9-13(18)6-7-16(12)21-17(14)11(3)19/h4-11H,2,19H2,1,3H3/b8-4-,20-15+. The highest BCUT2D eigenvalue weighted by atomic mass is 19.1. The van der Waals surface area contributed by atoms with Gasteiger partial charge in [-0.15, -0.1) is 0 Å². The molecule has 21 heavy (non-hydrogen) atoms. The van der Waals surface area contributed by atoms with E-state index in [1.165, 1.54) is 12.1 Å². The number of aliphatic imine (C=N–C) groups is 1. The summed E-state index contributed by atoms with van der Waals surface area (Å²) >= 11 is 0. The lowest BCUT2D eigenvalue weighted by Crippen LogP contribution is -2.14. The summed E-state index contributed by atoms with van der Waals surface area (Å²) in [6.45, 7) is 7.52. The SMILES string of the molecule is C=C/C(=N\C=C/C)c1cc2cc(F)ccc2nc1C(C)N. The van der Waals surface area contributed by atoms with Crippen LogP contribution in [0.5, 0.6) is 0 Å². The number of benzene rings is 1. The molecule has 0 spiro atoms. The Morgan fingerprint density at radius 2 is 2.19 bits per heavy atom. The molecule has 0 saturated carbocycles. The van der Waals surface area contributed by atoms with Crippen molar-refractivity contribution in [2.24, 2.45) is 10.7 Å². The molecule has 108 valence electrons. The molecule has 0 amide bonds. The van der Waals surface area contributed by atoms with Gasteiger partial charge in [0.2, 0.25) is 0 Å². The van der Waals surface area contributed by atoms with Gasteiger partial charge in [0.15, 0.2) is 0 Å². The molecule has 1 atom stereocenters. The number of aromatic nitrogens is 1. The maximum absolute atomic E-state index is 13.4. The fourth-order valence-corrected chi connectivity index (χ4v) is 2.10. The van der Waals surface area contributed by atoms with Crippen molar-refractivity contribution in [3.05, 3.63) is 66.3 Å². The lowest BCUT2D eigenvalue weighted by atomic mass is 10.0. The van der Waals surface area contributed by atoms with Crippen LogP contribution < -0.4 is 5.73 Å². The number of allylic oxidation sites excluding steroid dienone is 2. The number of hydrogen-bond donors (Lipinski definition) is 1.